The number of carbonyl (C=O) groups is 1. The van der Waals surface area contributed by atoms with Crippen LogP contribution in [0.5, 0.6) is 0 Å². The fraction of sp³-hybridized carbons (Fsp3) is 0.286. The average Bonchev–Trinajstić information content (AvgIpc) is 3.12. The molecule has 1 amide bonds. The molecule has 1 aliphatic rings. The zero-order valence-electron chi connectivity index (χ0n) is 9.93. The number of rotatable bonds is 4. The highest BCUT2D eigenvalue weighted by Gasteiger charge is 2.29. The molecule has 0 saturated heterocycles. The van der Waals surface area contributed by atoms with Crippen molar-refractivity contribution in [3.63, 3.8) is 0 Å². The maximum absolute atomic E-state index is 11.5. The minimum atomic E-state index is 0.161. The molecule has 4 heteroatoms. The SMILES string of the molecule is O=C(NCc1ccc(-c2ccoc2)nc1)C1CC1. The minimum absolute atomic E-state index is 0.161. The van der Waals surface area contributed by atoms with Crippen molar-refractivity contribution in [2.24, 2.45) is 5.92 Å². The summed E-state index contributed by atoms with van der Waals surface area (Å²) in [6, 6.07) is 5.78. The van der Waals surface area contributed by atoms with E-state index in [0.29, 0.717) is 6.54 Å². The first-order valence-corrected chi connectivity index (χ1v) is 6.08. The minimum Gasteiger partial charge on any atom is -0.472 e. The largest absolute Gasteiger partial charge is 0.472 e. The van der Waals surface area contributed by atoms with E-state index < -0.39 is 0 Å². The third-order valence-electron chi connectivity index (χ3n) is 3.06. The molecule has 4 nitrogen and oxygen atoms in total. The zero-order valence-corrected chi connectivity index (χ0v) is 9.93. The predicted octanol–water partition coefficient (Wildman–Crippen LogP) is 2.37. The number of pyridine rings is 1. The van der Waals surface area contributed by atoms with Gasteiger partial charge >= 0.3 is 0 Å². The quantitative estimate of drug-likeness (QED) is 0.895. The van der Waals surface area contributed by atoms with E-state index in [4.69, 9.17) is 4.42 Å². The highest BCUT2D eigenvalue weighted by Crippen LogP contribution is 2.28. The first-order valence-electron chi connectivity index (χ1n) is 6.08. The van der Waals surface area contributed by atoms with Crippen molar-refractivity contribution < 1.29 is 9.21 Å². The monoisotopic (exact) mass is 242 g/mol. The van der Waals surface area contributed by atoms with E-state index in [0.717, 1.165) is 29.7 Å². The van der Waals surface area contributed by atoms with Crippen LogP contribution in [0.25, 0.3) is 11.3 Å². The molecule has 18 heavy (non-hydrogen) atoms. The van der Waals surface area contributed by atoms with Crippen molar-refractivity contribution in [3.8, 4) is 11.3 Å². The van der Waals surface area contributed by atoms with Crippen molar-refractivity contribution in [1.82, 2.24) is 10.3 Å². The number of carbonyl (C=O) groups excluding carboxylic acids is 1. The first kappa shape index (κ1) is 11.0. The van der Waals surface area contributed by atoms with Gasteiger partial charge in [0.1, 0.15) is 0 Å². The van der Waals surface area contributed by atoms with Gasteiger partial charge in [-0.25, -0.2) is 0 Å². The third-order valence-corrected chi connectivity index (χ3v) is 3.06. The molecule has 92 valence electrons. The van der Waals surface area contributed by atoms with Crippen LogP contribution in [-0.2, 0) is 11.3 Å². The summed E-state index contributed by atoms with van der Waals surface area (Å²) in [5.41, 5.74) is 2.85. The van der Waals surface area contributed by atoms with E-state index in [2.05, 4.69) is 10.3 Å². The van der Waals surface area contributed by atoms with Gasteiger partial charge < -0.3 is 9.73 Å². The highest BCUT2D eigenvalue weighted by molar-refractivity contribution is 5.80. The molecule has 0 unspecified atom stereocenters. The normalized spacial score (nSPS) is 14.4. The third kappa shape index (κ3) is 2.42. The Hall–Kier alpha value is -2.10. The number of nitrogens with zero attached hydrogens (tertiary/aromatic N) is 1. The van der Waals surface area contributed by atoms with E-state index in [1.165, 1.54) is 0 Å². The molecule has 1 saturated carbocycles. The van der Waals surface area contributed by atoms with Gasteiger partial charge in [0.25, 0.3) is 0 Å². The van der Waals surface area contributed by atoms with Crippen molar-refractivity contribution >= 4 is 5.91 Å². The van der Waals surface area contributed by atoms with Crippen LogP contribution in [0.4, 0.5) is 0 Å². The van der Waals surface area contributed by atoms with E-state index in [1.807, 2.05) is 18.2 Å². The molecule has 1 N–H and O–H groups in total. The molecule has 1 fully saturated rings. The van der Waals surface area contributed by atoms with Crippen LogP contribution in [0.2, 0.25) is 0 Å². The zero-order chi connectivity index (χ0) is 12.4. The van der Waals surface area contributed by atoms with Gasteiger partial charge in [-0.2, -0.15) is 0 Å². The van der Waals surface area contributed by atoms with Gasteiger partial charge in [0, 0.05) is 24.2 Å². The van der Waals surface area contributed by atoms with Crippen LogP contribution in [0.15, 0.2) is 41.3 Å². The van der Waals surface area contributed by atoms with Gasteiger partial charge in [0.15, 0.2) is 0 Å². The molecule has 3 rings (SSSR count). The second-order valence-electron chi connectivity index (χ2n) is 4.56. The lowest BCUT2D eigenvalue weighted by Crippen LogP contribution is -2.24. The van der Waals surface area contributed by atoms with Crippen molar-refractivity contribution in [2.45, 2.75) is 19.4 Å². The average molecular weight is 242 g/mol. The number of aromatic nitrogens is 1. The predicted molar refractivity (Wildman–Crippen MR) is 66.5 cm³/mol. The number of hydrogen-bond acceptors (Lipinski definition) is 3. The Balaban J connectivity index is 1.62. The molecule has 2 aromatic heterocycles. The van der Waals surface area contributed by atoms with Gasteiger partial charge in [-0.15, -0.1) is 0 Å². The lowest BCUT2D eigenvalue weighted by atomic mass is 10.2. The van der Waals surface area contributed by atoms with Gasteiger partial charge in [-0.05, 0) is 30.5 Å². The highest BCUT2D eigenvalue weighted by atomic mass is 16.3. The first-order chi connectivity index (χ1) is 8.83. The lowest BCUT2D eigenvalue weighted by Gasteiger charge is -2.04. The molecule has 0 spiro atoms. The van der Waals surface area contributed by atoms with Crippen LogP contribution in [-0.4, -0.2) is 10.9 Å². The summed E-state index contributed by atoms with van der Waals surface area (Å²) in [7, 11) is 0. The molecule has 0 atom stereocenters. The maximum atomic E-state index is 11.5. The van der Waals surface area contributed by atoms with Crippen molar-refractivity contribution in [3.05, 3.63) is 42.5 Å². The molecule has 0 aromatic carbocycles. The van der Waals surface area contributed by atoms with Gasteiger partial charge in [0.05, 0.1) is 18.2 Å². The summed E-state index contributed by atoms with van der Waals surface area (Å²) in [6.45, 7) is 0.550. The smallest absolute Gasteiger partial charge is 0.223 e. The summed E-state index contributed by atoms with van der Waals surface area (Å²) in [6.07, 6.45) is 7.14. The lowest BCUT2D eigenvalue weighted by molar-refractivity contribution is -0.122. The fourth-order valence-electron chi connectivity index (χ4n) is 1.79. The van der Waals surface area contributed by atoms with Gasteiger partial charge in [-0.3, -0.25) is 9.78 Å². The molecule has 0 aliphatic heterocycles. The van der Waals surface area contributed by atoms with Crippen LogP contribution in [0.3, 0.4) is 0 Å². The van der Waals surface area contributed by atoms with Crippen molar-refractivity contribution in [1.29, 1.82) is 0 Å². The number of amides is 1. The Bertz CT molecular complexity index is 527. The van der Waals surface area contributed by atoms with Crippen LogP contribution < -0.4 is 5.32 Å². The summed E-state index contributed by atoms with van der Waals surface area (Å²) in [5.74, 6) is 0.414. The maximum Gasteiger partial charge on any atom is 0.223 e. The van der Waals surface area contributed by atoms with Crippen LogP contribution >= 0.6 is 0 Å². The summed E-state index contributed by atoms with van der Waals surface area (Å²) < 4.78 is 5.01. The molecule has 1 aliphatic carbocycles. The Kier molecular flexibility index (Phi) is 2.84. The number of hydrogen-bond donors (Lipinski definition) is 1. The van der Waals surface area contributed by atoms with Crippen molar-refractivity contribution in [2.75, 3.05) is 0 Å². The van der Waals surface area contributed by atoms with E-state index >= 15 is 0 Å². The molecule has 2 heterocycles. The summed E-state index contributed by atoms with van der Waals surface area (Å²) in [4.78, 5) is 15.8. The second kappa shape index (κ2) is 4.64. The molecular weight excluding hydrogens is 228 g/mol. The number of nitrogens with one attached hydrogen (secondary N) is 1. The van der Waals surface area contributed by atoms with E-state index in [1.54, 1.807) is 18.7 Å². The molecular formula is C14H14N2O2. The Morgan fingerprint density at radius 2 is 2.28 bits per heavy atom. The molecule has 0 bridgehead atoms. The standard InChI is InChI=1S/C14H14N2O2/c17-14(11-2-3-11)16-8-10-1-4-13(15-7-10)12-5-6-18-9-12/h1,4-7,9,11H,2-3,8H2,(H,16,17). The second-order valence-corrected chi connectivity index (χ2v) is 4.56. The molecule has 0 radical (unpaired) electrons. The molecule has 2 aromatic rings. The van der Waals surface area contributed by atoms with Gasteiger partial charge in [-0.1, -0.05) is 6.07 Å². The summed E-state index contributed by atoms with van der Waals surface area (Å²) in [5, 5.41) is 2.92. The Morgan fingerprint density at radius 3 is 2.89 bits per heavy atom. The summed E-state index contributed by atoms with van der Waals surface area (Å²) >= 11 is 0. The Morgan fingerprint density at radius 1 is 1.39 bits per heavy atom. The topological polar surface area (TPSA) is 55.1 Å². The Labute approximate surface area is 105 Å². The van der Waals surface area contributed by atoms with Gasteiger partial charge in [0.2, 0.25) is 5.91 Å². The number of furan rings is 1. The van der Waals surface area contributed by atoms with Crippen LogP contribution in [0, 0.1) is 5.92 Å². The van der Waals surface area contributed by atoms with Crippen LogP contribution in [0.1, 0.15) is 18.4 Å². The fourth-order valence-corrected chi connectivity index (χ4v) is 1.79. The van der Waals surface area contributed by atoms with E-state index in [9.17, 15) is 4.79 Å². The van der Waals surface area contributed by atoms with E-state index in [-0.39, 0.29) is 11.8 Å².